The summed E-state index contributed by atoms with van der Waals surface area (Å²) in [5, 5.41) is 23.0. The number of aromatic nitrogens is 1. The average Bonchev–Trinajstić information content (AvgIpc) is 2.75. The van der Waals surface area contributed by atoms with Crippen LogP contribution in [0.2, 0.25) is 0 Å². The molecule has 0 spiro atoms. The molecule has 1 amide bonds. The molecule has 1 aromatic carbocycles. The van der Waals surface area contributed by atoms with Crippen molar-refractivity contribution in [2.45, 2.75) is 12.5 Å². The van der Waals surface area contributed by atoms with Gasteiger partial charge in [0.05, 0.1) is 12.6 Å². The zero-order valence-corrected chi connectivity index (χ0v) is 15.1. The molecule has 2 aromatic rings. The van der Waals surface area contributed by atoms with Gasteiger partial charge in [-0.25, -0.2) is 0 Å². The Balaban J connectivity index is 0.00000220. The van der Waals surface area contributed by atoms with Gasteiger partial charge in [-0.1, -0.05) is 18.2 Å². The van der Waals surface area contributed by atoms with Crippen molar-refractivity contribution in [2.75, 3.05) is 6.61 Å². The molecule has 0 aliphatic carbocycles. The van der Waals surface area contributed by atoms with Crippen molar-refractivity contribution < 1.29 is 71.2 Å². The van der Waals surface area contributed by atoms with E-state index in [4.69, 9.17) is 5.11 Å². The summed E-state index contributed by atoms with van der Waals surface area (Å²) in [6, 6.07) is 8.38. The first-order valence-corrected chi connectivity index (χ1v) is 6.19. The standard InChI is InChI=1S/C14H16N2O4.K/c1-16-11-5-3-2-4-9(11)6-12(16)14(20)15-10(8-17)7-13(18)19;/h2-6,10,17H,7-8H2,1H3,(H,15,20)(H,18,19);/q;+1/p-1/t10-;/m0./s1. The van der Waals surface area contributed by atoms with Gasteiger partial charge in [0.25, 0.3) is 5.91 Å². The Bertz CT molecular complexity index is 653. The number of carbonyl (C=O) groups excluding carboxylic acids is 2. The van der Waals surface area contributed by atoms with Crippen molar-refractivity contribution in [3.8, 4) is 0 Å². The number of aliphatic hydroxyl groups excluding tert-OH is 1. The Morgan fingerprint density at radius 2 is 2.05 bits per heavy atom. The van der Waals surface area contributed by atoms with Gasteiger partial charge in [-0.3, -0.25) is 4.79 Å². The van der Waals surface area contributed by atoms with E-state index in [2.05, 4.69) is 5.32 Å². The van der Waals surface area contributed by atoms with Gasteiger partial charge in [-0.05, 0) is 12.1 Å². The topological polar surface area (TPSA) is 94.4 Å². The summed E-state index contributed by atoms with van der Waals surface area (Å²) in [5.41, 5.74) is 1.31. The molecule has 0 radical (unpaired) electrons. The molecule has 0 saturated carbocycles. The van der Waals surface area contributed by atoms with E-state index in [0.29, 0.717) is 5.69 Å². The summed E-state index contributed by atoms with van der Waals surface area (Å²) >= 11 is 0. The van der Waals surface area contributed by atoms with Crippen LogP contribution in [0.25, 0.3) is 10.9 Å². The number of nitrogens with one attached hydrogen (secondary N) is 1. The van der Waals surface area contributed by atoms with Crippen LogP contribution in [0.15, 0.2) is 30.3 Å². The number of aryl methyl sites for hydroxylation is 1. The third kappa shape index (κ3) is 4.38. The molecule has 21 heavy (non-hydrogen) atoms. The second-order valence-electron chi connectivity index (χ2n) is 4.58. The van der Waals surface area contributed by atoms with Crippen LogP contribution in [0.4, 0.5) is 0 Å². The molecule has 0 saturated heterocycles. The molecule has 0 fully saturated rings. The fourth-order valence-electron chi connectivity index (χ4n) is 2.13. The molecule has 1 atom stereocenters. The SMILES string of the molecule is Cn1c(C(=O)N[C@H](CO)CC(=O)[O-])cc2ccccc21.[K+]. The fourth-order valence-corrected chi connectivity index (χ4v) is 2.13. The number of benzene rings is 1. The Morgan fingerprint density at radius 3 is 2.62 bits per heavy atom. The van der Waals surface area contributed by atoms with E-state index in [1.165, 1.54) is 0 Å². The minimum Gasteiger partial charge on any atom is -0.550 e. The molecule has 0 unspecified atom stereocenters. The number of aliphatic carboxylic acids is 1. The summed E-state index contributed by atoms with van der Waals surface area (Å²) in [4.78, 5) is 22.6. The molecule has 106 valence electrons. The summed E-state index contributed by atoms with van der Waals surface area (Å²) in [5.74, 6) is -1.75. The minimum atomic E-state index is -1.32. The predicted octanol–water partition coefficient (Wildman–Crippen LogP) is -3.59. The molecule has 1 heterocycles. The van der Waals surface area contributed by atoms with Gasteiger partial charge < -0.3 is 24.9 Å². The first-order valence-electron chi connectivity index (χ1n) is 6.19. The first-order chi connectivity index (χ1) is 9.52. The van der Waals surface area contributed by atoms with Crippen molar-refractivity contribution in [1.29, 1.82) is 0 Å². The number of fused-ring (bicyclic) bond motifs is 1. The fraction of sp³-hybridized carbons (Fsp3) is 0.286. The van der Waals surface area contributed by atoms with Gasteiger partial charge in [0.15, 0.2) is 0 Å². The summed E-state index contributed by atoms with van der Waals surface area (Å²) in [6.07, 6.45) is -0.424. The Morgan fingerprint density at radius 1 is 1.38 bits per heavy atom. The number of hydrogen-bond acceptors (Lipinski definition) is 4. The molecular weight excluding hydrogens is 299 g/mol. The monoisotopic (exact) mass is 314 g/mol. The average molecular weight is 314 g/mol. The van der Waals surface area contributed by atoms with E-state index >= 15 is 0 Å². The molecule has 1 aromatic heterocycles. The number of carboxylic acid groups (broad SMARTS) is 1. The Labute approximate surface area is 164 Å². The van der Waals surface area contributed by atoms with E-state index < -0.39 is 30.9 Å². The second kappa shape index (κ2) is 8.07. The molecule has 0 aliphatic heterocycles. The summed E-state index contributed by atoms with van der Waals surface area (Å²) < 4.78 is 1.72. The maximum Gasteiger partial charge on any atom is 1.00 e. The van der Waals surface area contributed by atoms with Crippen molar-refractivity contribution in [2.24, 2.45) is 7.05 Å². The van der Waals surface area contributed by atoms with Gasteiger partial charge in [-0.15, -0.1) is 0 Å². The van der Waals surface area contributed by atoms with Gasteiger partial charge in [-0.2, -0.15) is 0 Å². The van der Waals surface area contributed by atoms with Crippen LogP contribution in [0, 0.1) is 0 Å². The number of para-hydroxylation sites is 1. The molecule has 2 N–H and O–H groups in total. The molecule has 7 heteroatoms. The van der Waals surface area contributed by atoms with Crippen molar-refractivity contribution in [1.82, 2.24) is 9.88 Å². The zero-order valence-electron chi connectivity index (χ0n) is 12.0. The number of aliphatic hydroxyl groups is 1. The zero-order chi connectivity index (χ0) is 14.7. The van der Waals surface area contributed by atoms with E-state index in [1.54, 1.807) is 17.7 Å². The van der Waals surface area contributed by atoms with Crippen LogP contribution in [-0.4, -0.2) is 34.2 Å². The van der Waals surface area contributed by atoms with Crippen molar-refractivity contribution in [3.63, 3.8) is 0 Å². The van der Waals surface area contributed by atoms with Gasteiger partial charge in [0, 0.05) is 30.3 Å². The second-order valence-corrected chi connectivity index (χ2v) is 4.58. The van der Waals surface area contributed by atoms with Crippen LogP contribution in [0.3, 0.4) is 0 Å². The number of rotatable bonds is 5. The smallest absolute Gasteiger partial charge is 0.550 e. The van der Waals surface area contributed by atoms with Crippen LogP contribution in [-0.2, 0) is 11.8 Å². The van der Waals surface area contributed by atoms with Gasteiger partial charge >= 0.3 is 51.4 Å². The van der Waals surface area contributed by atoms with Gasteiger partial charge in [0.2, 0.25) is 0 Å². The van der Waals surface area contributed by atoms with E-state index in [0.717, 1.165) is 10.9 Å². The maximum atomic E-state index is 12.1. The van der Waals surface area contributed by atoms with Crippen LogP contribution >= 0.6 is 0 Å². The number of amides is 1. The Hall–Kier alpha value is -0.704. The summed E-state index contributed by atoms with van der Waals surface area (Å²) in [7, 11) is 1.75. The molecule has 2 rings (SSSR count). The van der Waals surface area contributed by atoms with Crippen LogP contribution < -0.4 is 61.8 Å². The molecule has 0 aliphatic rings. The van der Waals surface area contributed by atoms with Crippen LogP contribution in [0.5, 0.6) is 0 Å². The largest absolute Gasteiger partial charge is 1.00 e. The number of carbonyl (C=O) groups is 2. The van der Waals surface area contributed by atoms with E-state index in [-0.39, 0.29) is 51.4 Å². The van der Waals surface area contributed by atoms with E-state index in [1.807, 2.05) is 24.3 Å². The van der Waals surface area contributed by atoms with Crippen molar-refractivity contribution in [3.05, 3.63) is 36.0 Å². The van der Waals surface area contributed by atoms with E-state index in [9.17, 15) is 14.7 Å². The minimum absolute atomic E-state index is 0. The normalized spacial score (nSPS) is 11.7. The number of carboxylic acids is 1. The number of hydrogen-bond donors (Lipinski definition) is 2. The first kappa shape index (κ1) is 18.3. The molecule has 0 bridgehead atoms. The molecule has 6 nitrogen and oxygen atoms in total. The van der Waals surface area contributed by atoms with Crippen LogP contribution in [0.1, 0.15) is 16.9 Å². The van der Waals surface area contributed by atoms with Crippen molar-refractivity contribution >= 4 is 22.8 Å². The summed E-state index contributed by atoms with van der Waals surface area (Å²) in [6.45, 7) is -0.455. The molecular formula is C14H15KN2O4. The quantitative estimate of drug-likeness (QED) is 0.558. The third-order valence-corrected chi connectivity index (χ3v) is 3.15. The maximum absolute atomic E-state index is 12.1. The predicted molar refractivity (Wildman–Crippen MR) is 70.9 cm³/mol. The number of nitrogens with zero attached hydrogens (tertiary/aromatic N) is 1. The third-order valence-electron chi connectivity index (χ3n) is 3.15. The van der Waals surface area contributed by atoms with Gasteiger partial charge in [0.1, 0.15) is 5.69 Å². The Kier molecular flexibility index (Phi) is 7.05.